The first-order chi connectivity index (χ1) is 12.9. The van der Waals surface area contributed by atoms with Crippen molar-refractivity contribution in [1.29, 1.82) is 0 Å². The van der Waals surface area contributed by atoms with E-state index in [1.54, 1.807) is 0 Å². The zero-order valence-corrected chi connectivity index (χ0v) is 15.0. The summed E-state index contributed by atoms with van der Waals surface area (Å²) in [5.41, 5.74) is 10.8. The molecule has 1 atom stereocenters. The van der Waals surface area contributed by atoms with Crippen molar-refractivity contribution in [1.82, 2.24) is 25.0 Å². The van der Waals surface area contributed by atoms with Gasteiger partial charge in [0.1, 0.15) is 0 Å². The van der Waals surface area contributed by atoms with Gasteiger partial charge in [-0.1, -0.05) is 0 Å². The maximum atomic E-state index is 4.81. The predicted octanol–water partition coefficient (Wildman–Crippen LogP) is 3.44. The maximum absolute atomic E-state index is 4.81. The van der Waals surface area contributed by atoms with Crippen LogP contribution in [-0.4, -0.2) is 25.0 Å². The highest BCUT2D eigenvalue weighted by molar-refractivity contribution is 5.49. The Kier molecular flexibility index (Phi) is 3.13. The quantitative estimate of drug-likeness (QED) is 0.774. The van der Waals surface area contributed by atoms with Crippen LogP contribution in [-0.2, 0) is 32.1 Å². The van der Waals surface area contributed by atoms with Crippen LogP contribution in [0.1, 0.15) is 71.1 Å². The Morgan fingerprint density at radius 1 is 1.00 bits per heavy atom. The molecule has 0 fully saturated rings. The van der Waals surface area contributed by atoms with Gasteiger partial charge in [-0.15, -0.1) is 0 Å². The SMILES string of the molecule is c1cc(-n2ncc3c2CCC3c2n[nH]c3c2CCCC3)c2c(n1)CCC2. The molecule has 0 spiro atoms. The molecular weight excluding hydrogens is 322 g/mol. The highest BCUT2D eigenvalue weighted by atomic mass is 15.3. The normalized spacial score (nSPS) is 20.8. The highest BCUT2D eigenvalue weighted by Crippen LogP contribution is 2.41. The van der Waals surface area contributed by atoms with Gasteiger partial charge in [0, 0.05) is 34.8 Å². The van der Waals surface area contributed by atoms with Gasteiger partial charge in [0.05, 0.1) is 17.6 Å². The molecule has 6 rings (SSSR count). The fourth-order valence-corrected chi connectivity index (χ4v) is 5.29. The molecule has 132 valence electrons. The third-order valence-electron chi connectivity index (χ3n) is 6.55. The minimum Gasteiger partial charge on any atom is -0.282 e. The number of nitrogens with one attached hydrogen (secondary N) is 1. The van der Waals surface area contributed by atoms with E-state index in [2.05, 4.69) is 27.0 Å². The van der Waals surface area contributed by atoms with Crippen molar-refractivity contribution in [3.05, 3.63) is 57.9 Å². The summed E-state index contributed by atoms with van der Waals surface area (Å²) in [4.78, 5) is 4.57. The Labute approximate surface area is 152 Å². The molecule has 0 amide bonds. The summed E-state index contributed by atoms with van der Waals surface area (Å²) in [6.45, 7) is 0. The van der Waals surface area contributed by atoms with Crippen molar-refractivity contribution in [2.45, 2.75) is 63.7 Å². The maximum Gasteiger partial charge on any atom is 0.0733 e. The van der Waals surface area contributed by atoms with Gasteiger partial charge in [-0.2, -0.15) is 10.2 Å². The van der Waals surface area contributed by atoms with Crippen LogP contribution >= 0.6 is 0 Å². The van der Waals surface area contributed by atoms with Gasteiger partial charge in [-0.05, 0) is 75.0 Å². The number of fused-ring (bicyclic) bond motifs is 3. The summed E-state index contributed by atoms with van der Waals surface area (Å²) < 4.78 is 2.19. The van der Waals surface area contributed by atoms with E-state index in [0.29, 0.717) is 5.92 Å². The van der Waals surface area contributed by atoms with E-state index >= 15 is 0 Å². The highest BCUT2D eigenvalue weighted by Gasteiger charge is 2.33. The molecule has 1 unspecified atom stereocenters. The molecule has 0 bridgehead atoms. The summed E-state index contributed by atoms with van der Waals surface area (Å²) >= 11 is 0. The summed E-state index contributed by atoms with van der Waals surface area (Å²) in [5.74, 6) is 0.409. The standard InChI is InChI=1S/C21H23N5/c1-2-6-18-15(4-1)21(25-24-18)13-8-9-19-16(13)12-23-26(19)20-10-11-22-17-7-3-5-14(17)20/h10-13H,1-9H2,(H,24,25). The molecule has 0 radical (unpaired) electrons. The summed E-state index contributed by atoms with van der Waals surface area (Å²) in [7, 11) is 0. The molecule has 5 heteroatoms. The van der Waals surface area contributed by atoms with Gasteiger partial charge in [0.15, 0.2) is 0 Å². The number of hydrogen-bond acceptors (Lipinski definition) is 3. The Bertz CT molecular complexity index is 996. The molecule has 5 nitrogen and oxygen atoms in total. The van der Waals surface area contributed by atoms with E-state index in [-0.39, 0.29) is 0 Å². The van der Waals surface area contributed by atoms with E-state index in [4.69, 9.17) is 10.2 Å². The molecule has 1 N–H and O–H groups in total. The zero-order chi connectivity index (χ0) is 17.1. The van der Waals surface area contributed by atoms with E-state index in [0.717, 1.165) is 32.1 Å². The number of aromatic amines is 1. The largest absolute Gasteiger partial charge is 0.282 e. The fraction of sp³-hybridized carbons (Fsp3) is 0.476. The topological polar surface area (TPSA) is 59.4 Å². The van der Waals surface area contributed by atoms with Gasteiger partial charge < -0.3 is 0 Å². The number of hydrogen-bond donors (Lipinski definition) is 1. The Morgan fingerprint density at radius 3 is 2.92 bits per heavy atom. The second kappa shape index (κ2) is 5.53. The average molecular weight is 345 g/mol. The Morgan fingerprint density at radius 2 is 1.92 bits per heavy atom. The molecule has 0 saturated carbocycles. The lowest BCUT2D eigenvalue weighted by molar-refractivity contribution is 0.664. The lowest BCUT2D eigenvalue weighted by Crippen LogP contribution is -2.05. The van der Waals surface area contributed by atoms with E-state index in [1.165, 1.54) is 70.8 Å². The second-order valence-electron chi connectivity index (χ2n) is 7.93. The lowest BCUT2D eigenvalue weighted by atomic mass is 9.89. The van der Waals surface area contributed by atoms with Crippen LogP contribution in [0, 0.1) is 0 Å². The first-order valence-electron chi connectivity index (χ1n) is 10.00. The number of aromatic nitrogens is 5. The monoisotopic (exact) mass is 345 g/mol. The van der Waals surface area contributed by atoms with Crippen molar-refractivity contribution in [2.75, 3.05) is 0 Å². The minimum absolute atomic E-state index is 0.409. The fourth-order valence-electron chi connectivity index (χ4n) is 5.29. The number of H-pyrrole nitrogens is 1. The van der Waals surface area contributed by atoms with Gasteiger partial charge in [-0.25, -0.2) is 4.68 Å². The van der Waals surface area contributed by atoms with Crippen LogP contribution in [0.2, 0.25) is 0 Å². The molecule has 3 aromatic heterocycles. The molecule has 3 heterocycles. The summed E-state index contributed by atoms with van der Waals surface area (Å²) in [6.07, 6.45) is 14.6. The van der Waals surface area contributed by atoms with E-state index in [9.17, 15) is 0 Å². The van der Waals surface area contributed by atoms with E-state index in [1.807, 2.05) is 6.20 Å². The molecule has 0 aromatic carbocycles. The summed E-state index contributed by atoms with van der Waals surface area (Å²) in [6, 6.07) is 2.14. The lowest BCUT2D eigenvalue weighted by Gasteiger charge is -2.14. The van der Waals surface area contributed by atoms with Gasteiger partial charge in [0.2, 0.25) is 0 Å². The number of rotatable bonds is 2. The third-order valence-corrected chi connectivity index (χ3v) is 6.55. The molecular formula is C21H23N5. The molecule has 3 aliphatic rings. The van der Waals surface area contributed by atoms with Crippen molar-refractivity contribution in [3.63, 3.8) is 0 Å². The molecule has 26 heavy (non-hydrogen) atoms. The van der Waals surface area contributed by atoms with Crippen LogP contribution in [0.25, 0.3) is 5.69 Å². The third kappa shape index (κ3) is 2.00. The Balaban J connectivity index is 1.43. The van der Waals surface area contributed by atoms with Crippen LogP contribution in [0.15, 0.2) is 18.5 Å². The van der Waals surface area contributed by atoms with Crippen LogP contribution < -0.4 is 0 Å². The van der Waals surface area contributed by atoms with Gasteiger partial charge in [-0.3, -0.25) is 10.1 Å². The van der Waals surface area contributed by atoms with Gasteiger partial charge >= 0.3 is 0 Å². The first kappa shape index (κ1) is 14.7. The number of aryl methyl sites for hydroxylation is 2. The zero-order valence-electron chi connectivity index (χ0n) is 15.0. The van der Waals surface area contributed by atoms with Crippen molar-refractivity contribution in [3.8, 4) is 5.69 Å². The Hall–Kier alpha value is -2.43. The van der Waals surface area contributed by atoms with Gasteiger partial charge in [0.25, 0.3) is 0 Å². The van der Waals surface area contributed by atoms with E-state index < -0.39 is 0 Å². The minimum atomic E-state index is 0.409. The van der Waals surface area contributed by atoms with Crippen LogP contribution in [0.5, 0.6) is 0 Å². The summed E-state index contributed by atoms with van der Waals surface area (Å²) in [5, 5.41) is 12.9. The predicted molar refractivity (Wildman–Crippen MR) is 98.8 cm³/mol. The van der Waals surface area contributed by atoms with Crippen molar-refractivity contribution in [2.24, 2.45) is 0 Å². The first-order valence-corrected chi connectivity index (χ1v) is 10.00. The molecule has 0 saturated heterocycles. The van der Waals surface area contributed by atoms with Crippen molar-refractivity contribution < 1.29 is 0 Å². The second-order valence-corrected chi connectivity index (χ2v) is 7.93. The molecule has 3 aromatic rings. The average Bonchev–Trinajstić information content (AvgIpc) is 3.43. The van der Waals surface area contributed by atoms with Crippen LogP contribution in [0.3, 0.4) is 0 Å². The number of nitrogens with zero attached hydrogens (tertiary/aromatic N) is 4. The number of pyridine rings is 1. The molecule has 0 aliphatic heterocycles. The smallest absolute Gasteiger partial charge is 0.0733 e. The van der Waals surface area contributed by atoms with Crippen molar-refractivity contribution >= 4 is 0 Å². The van der Waals surface area contributed by atoms with Crippen LogP contribution in [0.4, 0.5) is 0 Å². The molecule has 3 aliphatic carbocycles.